The molecule has 4 aromatic heterocycles. The minimum Gasteiger partial charge on any atom is -0.455 e. The van der Waals surface area contributed by atoms with Gasteiger partial charge in [-0.2, -0.15) is 0 Å². The quantitative estimate of drug-likeness (QED) is 0.196. The van der Waals surface area contributed by atoms with Gasteiger partial charge in [0.2, 0.25) is 0 Å². The van der Waals surface area contributed by atoms with Crippen LogP contribution in [0.4, 0.5) is 0 Å². The molecular formula is C44H26N4O. The van der Waals surface area contributed by atoms with Crippen LogP contribution in [-0.4, -0.2) is 19.1 Å². The van der Waals surface area contributed by atoms with E-state index in [1.54, 1.807) is 0 Å². The molecule has 0 radical (unpaired) electrons. The molecule has 11 aromatic rings. The van der Waals surface area contributed by atoms with Crippen molar-refractivity contribution < 1.29 is 4.42 Å². The molecule has 0 saturated carbocycles. The molecule has 0 aliphatic rings. The zero-order valence-electron chi connectivity index (χ0n) is 26.2. The van der Waals surface area contributed by atoms with Crippen molar-refractivity contribution in [1.29, 1.82) is 0 Å². The molecule has 4 heterocycles. The smallest absolute Gasteiger partial charge is 0.165 e. The lowest BCUT2D eigenvalue weighted by Gasteiger charge is -2.15. The van der Waals surface area contributed by atoms with Gasteiger partial charge in [-0.3, -0.25) is 4.57 Å². The van der Waals surface area contributed by atoms with E-state index >= 15 is 0 Å². The van der Waals surface area contributed by atoms with E-state index in [-0.39, 0.29) is 0 Å². The molecular weight excluding hydrogens is 601 g/mol. The third-order valence-electron chi connectivity index (χ3n) is 9.87. The minimum absolute atomic E-state index is 0.776. The highest BCUT2D eigenvalue weighted by molar-refractivity contribution is 6.39. The highest BCUT2D eigenvalue weighted by Gasteiger charge is 2.29. The molecule has 0 spiro atoms. The lowest BCUT2D eigenvalue weighted by atomic mass is 10.0. The highest BCUT2D eigenvalue weighted by Crippen LogP contribution is 2.49. The number of fused-ring (bicyclic) bond motifs is 13. The fourth-order valence-corrected chi connectivity index (χ4v) is 7.88. The number of nitrogens with zero attached hydrogens (tertiary/aromatic N) is 4. The second kappa shape index (κ2) is 9.89. The Morgan fingerprint density at radius 2 is 0.980 bits per heavy atom. The van der Waals surface area contributed by atoms with Crippen LogP contribution >= 0.6 is 0 Å². The molecule has 0 N–H and O–H groups in total. The minimum atomic E-state index is 0.776. The monoisotopic (exact) mass is 626 g/mol. The van der Waals surface area contributed by atoms with Crippen molar-refractivity contribution in [1.82, 2.24) is 19.1 Å². The first kappa shape index (κ1) is 26.4. The number of aromatic nitrogens is 4. The van der Waals surface area contributed by atoms with Crippen LogP contribution < -0.4 is 0 Å². The summed E-state index contributed by atoms with van der Waals surface area (Å²) in [5.74, 6) is 0.776. The van der Waals surface area contributed by atoms with Crippen LogP contribution in [0.1, 0.15) is 0 Å². The summed E-state index contributed by atoms with van der Waals surface area (Å²) in [5, 5.41) is 6.72. The Kier molecular flexibility index (Phi) is 5.32. The molecule has 0 amide bonds. The Morgan fingerprint density at radius 3 is 1.73 bits per heavy atom. The van der Waals surface area contributed by atoms with Crippen molar-refractivity contribution >= 4 is 76.6 Å². The molecule has 5 heteroatoms. The second-order valence-corrected chi connectivity index (χ2v) is 12.5. The molecule has 0 fully saturated rings. The summed E-state index contributed by atoms with van der Waals surface area (Å²) in [5.41, 5.74) is 10.7. The van der Waals surface area contributed by atoms with Gasteiger partial charge in [-0.05, 0) is 42.5 Å². The summed E-state index contributed by atoms with van der Waals surface area (Å²) in [6.45, 7) is 0. The third-order valence-corrected chi connectivity index (χ3v) is 9.87. The van der Waals surface area contributed by atoms with Gasteiger partial charge in [0, 0.05) is 38.2 Å². The van der Waals surface area contributed by atoms with E-state index in [4.69, 9.17) is 14.4 Å². The van der Waals surface area contributed by atoms with Crippen LogP contribution in [0.15, 0.2) is 162 Å². The normalized spacial score (nSPS) is 12.1. The Bertz CT molecular complexity index is 3100. The fourth-order valence-electron chi connectivity index (χ4n) is 7.88. The molecule has 0 aliphatic carbocycles. The SMILES string of the molecule is c1ccc(-c2nc3ccccc3nc2-n2c3ccccc3c3c4oc5ccccc5c4c4c5ccccc5n(-c5ccccc5)c4c32)cc1. The van der Waals surface area contributed by atoms with Crippen molar-refractivity contribution in [2.24, 2.45) is 0 Å². The van der Waals surface area contributed by atoms with E-state index in [2.05, 4.69) is 130 Å². The summed E-state index contributed by atoms with van der Waals surface area (Å²) in [6, 6.07) is 54.9. The highest BCUT2D eigenvalue weighted by atomic mass is 16.3. The van der Waals surface area contributed by atoms with Gasteiger partial charge < -0.3 is 8.98 Å². The zero-order valence-corrected chi connectivity index (χ0v) is 26.2. The Labute approximate surface area is 279 Å². The van der Waals surface area contributed by atoms with Crippen molar-refractivity contribution in [2.75, 3.05) is 0 Å². The molecule has 7 aromatic carbocycles. The number of rotatable bonds is 3. The Balaban J connectivity index is 1.48. The molecule has 0 saturated heterocycles. The van der Waals surface area contributed by atoms with Gasteiger partial charge in [0.15, 0.2) is 5.82 Å². The van der Waals surface area contributed by atoms with Crippen molar-refractivity contribution in [2.45, 2.75) is 0 Å². The summed E-state index contributed by atoms with van der Waals surface area (Å²) < 4.78 is 11.7. The molecule has 5 nitrogen and oxygen atoms in total. The molecule has 49 heavy (non-hydrogen) atoms. The largest absolute Gasteiger partial charge is 0.455 e. The number of furan rings is 1. The number of hydrogen-bond donors (Lipinski definition) is 0. The van der Waals surface area contributed by atoms with Crippen molar-refractivity contribution in [3.8, 4) is 22.8 Å². The number of hydrogen-bond acceptors (Lipinski definition) is 3. The summed E-state index contributed by atoms with van der Waals surface area (Å²) in [4.78, 5) is 10.7. The molecule has 0 bridgehead atoms. The second-order valence-electron chi connectivity index (χ2n) is 12.5. The molecule has 11 rings (SSSR count). The van der Waals surface area contributed by atoms with Gasteiger partial charge in [-0.1, -0.05) is 115 Å². The maximum absolute atomic E-state index is 6.92. The van der Waals surface area contributed by atoms with Crippen LogP contribution in [0.3, 0.4) is 0 Å². The summed E-state index contributed by atoms with van der Waals surface area (Å²) >= 11 is 0. The van der Waals surface area contributed by atoms with Crippen molar-refractivity contribution in [3.63, 3.8) is 0 Å². The first-order valence-electron chi connectivity index (χ1n) is 16.5. The third kappa shape index (κ3) is 3.59. The number of benzene rings is 7. The Morgan fingerprint density at radius 1 is 0.429 bits per heavy atom. The number of para-hydroxylation sites is 6. The van der Waals surface area contributed by atoms with E-state index in [9.17, 15) is 0 Å². The zero-order chi connectivity index (χ0) is 32.1. The van der Waals surface area contributed by atoms with Gasteiger partial charge in [0.25, 0.3) is 0 Å². The van der Waals surface area contributed by atoms with Crippen LogP contribution in [0.25, 0.3) is 99.3 Å². The van der Waals surface area contributed by atoms with Crippen LogP contribution in [0, 0.1) is 0 Å². The topological polar surface area (TPSA) is 48.8 Å². The summed E-state index contributed by atoms with van der Waals surface area (Å²) in [7, 11) is 0. The molecule has 0 atom stereocenters. The predicted octanol–water partition coefficient (Wildman–Crippen LogP) is 11.4. The lowest BCUT2D eigenvalue weighted by molar-refractivity contribution is 0.673. The predicted molar refractivity (Wildman–Crippen MR) is 201 cm³/mol. The van der Waals surface area contributed by atoms with Crippen LogP contribution in [-0.2, 0) is 0 Å². The van der Waals surface area contributed by atoms with Gasteiger partial charge in [0.1, 0.15) is 16.9 Å². The van der Waals surface area contributed by atoms with Gasteiger partial charge in [-0.25, -0.2) is 9.97 Å². The maximum Gasteiger partial charge on any atom is 0.165 e. The Hall–Kier alpha value is -6.72. The fraction of sp³-hybridized carbons (Fsp3) is 0. The van der Waals surface area contributed by atoms with Gasteiger partial charge >= 0.3 is 0 Å². The average Bonchev–Trinajstić information content (AvgIpc) is 3.83. The van der Waals surface area contributed by atoms with Crippen molar-refractivity contribution in [3.05, 3.63) is 158 Å². The van der Waals surface area contributed by atoms with Gasteiger partial charge in [-0.15, -0.1) is 0 Å². The molecule has 228 valence electrons. The van der Waals surface area contributed by atoms with E-state index in [1.807, 2.05) is 36.4 Å². The first-order valence-corrected chi connectivity index (χ1v) is 16.5. The first-order chi connectivity index (χ1) is 24.3. The van der Waals surface area contributed by atoms with E-state index < -0.39 is 0 Å². The average molecular weight is 627 g/mol. The van der Waals surface area contributed by atoms with E-state index in [1.165, 1.54) is 5.39 Å². The summed E-state index contributed by atoms with van der Waals surface area (Å²) in [6.07, 6.45) is 0. The van der Waals surface area contributed by atoms with Gasteiger partial charge in [0.05, 0.1) is 38.5 Å². The standard InChI is InChI=1S/C44H26N4O/c1-3-15-27(16-4-1)40-44(46-33-23-11-10-22-32(33)45-40)48-35-25-13-8-20-30(35)39-42(48)41-37(38-31-21-9-14-26-36(31)49-43(38)39)29-19-7-12-24-34(29)47(41)28-17-5-2-6-18-28/h1-26H. The van der Waals surface area contributed by atoms with Crippen LogP contribution in [0.2, 0.25) is 0 Å². The molecule has 0 aliphatic heterocycles. The lowest BCUT2D eigenvalue weighted by Crippen LogP contribution is -2.05. The molecule has 0 unspecified atom stereocenters. The van der Waals surface area contributed by atoms with Crippen LogP contribution in [0.5, 0.6) is 0 Å². The van der Waals surface area contributed by atoms with E-state index in [0.717, 1.165) is 94.0 Å². The van der Waals surface area contributed by atoms with E-state index in [0.29, 0.717) is 0 Å². The maximum atomic E-state index is 6.92.